The Kier molecular flexibility index (Phi) is 6.27. The highest BCUT2D eigenvalue weighted by atomic mass is 35.5. The van der Waals surface area contributed by atoms with Crippen molar-refractivity contribution in [3.63, 3.8) is 0 Å². The summed E-state index contributed by atoms with van der Waals surface area (Å²) in [4.78, 5) is 19.7. The van der Waals surface area contributed by atoms with Crippen LogP contribution in [0.1, 0.15) is 24.5 Å². The van der Waals surface area contributed by atoms with Gasteiger partial charge in [-0.1, -0.05) is 12.1 Å². The van der Waals surface area contributed by atoms with Crippen LogP contribution in [0.4, 0.5) is 15.9 Å². The molecular weight excluding hydrogens is 423 g/mol. The third-order valence-electron chi connectivity index (χ3n) is 6.53. The highest BCUT2D eigenvalue weighted by Gasteiger charge is 2.54. The molecule has 4 rings (SSSR count). The van der Waals surface area contributed by atoms with Crippen molar-refractivity contribution in [2.24, 2.45) is 29.4 Å². The number of carbonyl (C=O) groups is 1. The number of fused-ring (bicyclic) bond motifs is 2. The second-order valence-corrected chi connectivity index (χ2v) is 8.77. The van der Waals surface area contributed by atoms with E-state index in [2.05, 4.69) is 20.6 Å². The molecule has 7 N–H and O–H groups in total. The Morgan fingerprint density at radius 2 is 2.19 bits per heavy atom. The van der Waals surface area contributed by atoms with Crippen molar-refractivity contribution in [3.05, 3.63) is 47.1 Å². The van der Waals surface area contributed by atoms with E-state index >= 15 is 0 Å². The zero-order chi connectivity index (χ0) is 22.1. The van der Waals surface area contributed by atoms with Crippen LogP contribution in [0, 0.1) is 29.5 Å². The average molecular weight is 449 g/mol. The topological polar surface area (TPSA) is 139 Å². The van der Waals surface area contributed by atoms with Crippen molar-refractivity contribution >= 4 is 29.0 Å². The number of aliphatic hydroxyl groups excluding tert-OH is 1. The number of hydrogen-bond donors (Lipinski definition) is 5. The van der Waals surface area contributed by atoms with E-state index in [4.69, 9.17) is 23.1 Å². The Morgan fingerprint density at radius 3 is 2.94 bits per heavy atom. The molecule has 0 saturated heterocycles. The molecule has 2 aliphatic rings. The molecule has 1 heterocycles. The van der Waals surface area contributed by atoms with Gasteiger partial charge in [-0.15, -0.1) is 0 Å². The molecule has 31 heavy (non-hydrogen) atoms. The van der Waals surface area contributed by atoms with Crippen molar-refractivity contribution < 1.29 is 14.3 Å². The van der Waals surface area contributed by atoms with Crippen LogP contribution in [0.5, 0.6) is 0 Å². The summed E-state index contributed by atoms with van der Waals surface area (Å²) in [5, 5.41) is 16.7. The molecule has 0 radical (unpaired) electrons. The number of nitrogen functional groups attached to an aromatic ring is 1. The van der Waals surface area contributed by atoms with Gasteiger partial charge in [0.05, 0.1) is 18.2 Å². The van der Waals surface area contributed by atoms with Gasteiger partial charge in [0.1, 0.15) is 0 Å². The quantitative estimate of drug-likeness (QED) is 0.306. The number of primary amides is 1. The van der Waals surface area contributed by atoms with Crippen molar-refractivity contribution in [1.82, 2.24) is 15.3 Å². The number of carbonyl (C=O) groups excluding carboxylic acids is 1. The lowest BCUT2D eigenvalue weighted by atomic mass is 9.77. The van der Waals surface area contributed by atoms with E-state index in [1.54, 1.807) is 12.1 Å². The smallest absolute Gasteiger partial charge is 0.224 e. The van der Waals surface area contributed by atoms with Crippen molar-refractivity contribution in [2.75, 3.05) is 24.1 Å². The number of amides is 1. The summed E-state index contributed by atoms with van der Waals surface area (Å²) in [6, 6.07) is 6.83. The summed E-state index contributed by atoms with van der Waals surface area (Å²) in [6.07, 6.45) is 2.01. The molecule has 6 atom stereocenters. The third-order valence-corrected chi connectivity index (χ3v) is 6.71. The molecule has 1 aromatic carbocycles. The normalized spacial score (nSPS) is 27.9. The maximum absolute atomic E-state index is 14.2. The summed E-state index contributed by atoms with van der Waals surface area (Å²) in [7, 11) is 0. The first-order chi connectivity index (χ1) is 14.8. The van der Waals surface area contributed by atoms with Crippen LogP contribution in [-0.2, 0) is 4.79 Å². The predicted molar refractivity (Wildman–Crippen MR) is 115 cm³/mol. The molecule has 1 aromatic heterocycles. The summed E-state index contributed by atoms with van der Waals surface area (Å²) in [5.41, 5.74) is 12.8. The second-order valence-electron chi connectivity index (χ2n) is 8.43. The van der Waals surface area contributed by atoms with Gasteiger partial charge < -0.3 is 27.2 Å². The van der Waals surface area contributed by atoms with Crippen LogP contribution in [0.15, 0.2) is 30.5 Å². The Balaban J connectivity index is 1.40. The number of aromatic nitrogens is 2. The first-order valence-corrected chi connectivity index (χ1v) is 10.7. The Hall–Kier alpha value is -2.49. The number of nitrogens with two attached hydrogens (primary N) is 2. The second kappa shape index (κ2) is 8.94. The molecule has 2 bridgehead atoms. The third kappa shape index (κ3) is 4.58. The Bertz CT molecular complexity index is 963. The maximum atomic E-state index is 14.2. The van der Waals surface area contributed by atoms with Gasteiger partial charge in [0.25, 0.3) is 0 Å². The monoisotopic (exact) mass is 448 g/mol. The molecule has 1 amide bonds. The predicted octanol–water partition coefficient (Wildman–Crippen LogP) is 1.71. The van der Waals surface area contributed by atoms with E-state index in [0.29, 0.717) is 18.8 Å². The van der Waals surface area contributed by atoms with Crippen LogP contribution in [0.2, 0.25) is 5.28 Å². The fraction of sp³-hybridized carbons (Fsp3) is 0.476. The van der Waals surface area contributed by atoms with Gasteiger partial charge in [0, 0.05) is 18.3 Å². The molecule has 166 valence electrons. The minimum Gasteiger partial charge on any atom is -0.399 e. The van der Waals surface area contributed by atoms with Crippen LogP contribution in [0.25, 0.3) is 0 Å². The fourth-order valence-electron chi connectivity index (χ4n) is 5.23. The lowest BCUT2D eigenvalue weighted by molar-refractivity contribution is -0.123. The molecule has 0 aliphatic heterocycles. The number of hydrogen-bond acceptors (Lipinski definition) is 7. The lowest BCUT2D eigenvalue weighted by Gasteiger charge is -2.35. The molecule has 10 heteroatoms. The van der Waals surface area contributed by atoms with E-state index in [1.165, 1.54) is 0 Å². The van der Waals surface area contributed by atoms with Gasteiger partial charge >= 0.3 is 0 Å². The molecular formula is C21H26ClFN6O2. The standard InChI is InChI=1S/C21H26ClFN6O2/c22-21-27-8-15(23)20(29-21)28-18-14-6-11(17(18)19(25)31)4-12(14)7-26-9-16(30)10-2-1-3-13(24)5-10/h1-3,5,8,11-12,14,16-18,26,30H,4,6-7,9,24H2,(H2,25,31)(H,27,28,29)/t11-,12+,14-,16?,17+,18-/m1/s1. The number of benzene rings is 1. The number of halogens is 2. The van der Waals surface area contributed by atoms with Crippen LogP contribution in [0.3, 0.4) is 0 Å². The van der Waals surface area contributed by atoms with Gasteiger partial charge in [0.2, 0.25) is 11.2 Å². The number of nitrogens with zero attached hydrogens (tertiary/aromatic N) is 2. The zero-order valence-corrected chi connectivity index (χ0v) is 17.6. The van der Waals surface area contributed by atoms with Crippen LogP contribution < -0.4 is 22.1 Å². The minimum atomic E-state index is -0.674. The van der Waals surface area contributed by atoms with E-state index in [1.807, 2.05) is 12.1 Å². The fourth-order valence-corrected chi connectivity index (χ4v) is 5.36. The summed E-state index contributed by atoms with van der Waals surface area (Å²) < 4.78 is 14.2. The summed E-state index contributed by atoms with van der Waals surface area (Å²) in [5.74, 6) is -0.936. The molecule has 8 nitrogen and oxygen atoms in total. The van der Waals surface area contributed by atoms with E-state index in [-0.39, 0.29) is 34.9 Å². The Morgan fingerprint density at radius 1 is 1.39 bits per heavy atom. The van der Waals surface area contributed by atoms with Gasteiger partial charge in [0.15, 0.2) is 11.6 Å². The van der Waals surface area contributed by atoms with Gasteiger partial charge in [-0.05, 0) is 66.4 Å². The van der Waals surface area contributed by atoms with Crippen molar-refractivity contribution in [2.45, 2.75) is 25.0 Å². The highest BCUT2D eigenvalue weighted by molar-refractivity contribution is 6.28. The number of anilines is 2. The van der Waals surface area contributed by atoms with Gasteiger partial charge in [-0.2, -0.15) is 4.98 Å². The minimum absolute atomic E-state index is 0.0207. The summed E-state index contributed by atoms with van der Waals surface area (Å²) in [6.45, 7) is 1.04. The van der Waals surface area contributed by atoms with E-state index in [9.17, 15) is 14.3 Å². The van der Waals surface area contributed by atoms with Gasteiger partial charge in [-0.3, -0.25) is 4.79 Å². The highest BCUT2D eigenvalue weighted by Crippen LogP contribution is 2.52. The molecule has 2 saturated carbocycles. The first kappa shape index (κ1) is 21.7. The number of nitrogens with one attached hydrogen (secondary N) is 2. The van der Waals surface area contributed by atoms with E-state index < -0.39 is 23.7 Å². The van der Waals surface area contributed by atoms with Crippen molar-refractivity contribution in [1.29, 1.82) is 0 Å². The summed E-state index contributed by atoms with van der Waals surface area (Å²) >= 11 is 5.81. The first-order valence-electron chi connectivity index (χ1n) is 10.3. The molecule has 2 aromatic rings. The SMILES string of the molecule is NC(=O)[C@H]1[C@@H]2C[C@@H](CNCC(O)c3cccc(N)c3)[C@@H](C2)[C@H]1Nc1nc(Cl)ncc1F. The largest absolute Gasteiger partial charge is 0.399 e. The Labute approximate surface area is 184 Å². The maximum Gasteiger partial charge on any atom is 0.224 e. The molecule has 1 unspecified atom stereocenters. The number of rotatable bonds is 8. The van der Waals surface area contributed by atoms with Crippen molar-refractivity contribution in [3.8, 4) is 0 Å². The van der Waals surface area contributed by atoms with Gasteiger partial charge in [-0.25, -0.2) is 9.37 Å². The average Bonchev–Trinajstić information content (AvgIpc) is 3.28. The lowest BCUT2D eigenvalue weighted by Crippen LogP contribution is -2.47. The van der Waals surface area contributed by atoms with Crippen LogP contribution >= 0.6 is 11.6 Å². The molecule has 2 aliphatic carbocycles. The van der Waals surface area contributed by atoms with E-state index in [0.717, 1.165) is 24.6 Å². The molecule has 0 spiro atoms. The molecule has 2 fully saturated rings. The van der Waals surface area contributed by atoms with Crippen LogP contribution in [-0.4, -0.2) is 40.1 Å². The number of aliphatic hydroxyl groups is 1. The zero-order valence-electron chi connectivity index (χ0n) is 16.8.